The highest BCUT2D eigenvalue weighted by Crippen LogP contribution is 2.26. The maximum Gasteiger partial charge on any atom is 0.335 e. The van der Waals surface area contributed by atoms with Crippen LogP contribution in [-0.2, 0) is 42.9 Å². The number of hydrogen-bond donors (Lipinski definition) is 3. The first-order valence-corrected chi connectivity index (χ1v) is 28.2. The molecule has 6 atom stereocenters. The lowest BCUT2D eigenvalue weighted by Gasteiger charge is -2.40. The van der Waals surface area contributed by atoms with E-state index < -0.39 is 67.3 Å². The van der Waals surface area contributed by atoms with Crippen LogP contribution < -0.4 is 0 Å². The third kappa shape index (κ3) is 38.8. The number of carbonyl (C=O) groups is 4. The molecule has 0 bridgehead atoms. The minimum Gasteiger partial charge on any atom is -0.479 e. The minimum atomic E-state index is -1.92. The third-order valence-electron chi connectivity index (χ3n) is 12.1. The van der Waals surface area contributed by atoms with Gasteiger partial charge in [-0.2, -0.15) is 0 Å². The maximum atomic E-state index is 13.1. The smallest absolute Gasteiger partial charge is 0.335 e. The molecule has 414 valence electrons. The zero-order chi connectivity index (χ0) is 53.3. The molecule has 1 fully saturated rings. The number of carboxylic acid groups (broad SMARTS) is 1. The summed E-state index contributed by atoms with van der Waals surface area (Å²) in [6.45, 7) is 5.68. The molecule has 0 spiro atoms. The van der Waals surface area contributed by atoms with Crippen molar-refractivity contribution in [2.75, 3.05) is 13.2 Å². The number of aliphatic carboxylic acids is 1. The van der Waals surface area contributed by atoms with Crippen LogP contribution in [0.3, 0.4) is 0 Å². The van der Waals surface area contributed by atoms with Crippen molar-refractivity contribution in [2.24, 2.45) is 0 Å². The van der Waals surface area contributed by atoms with Crippen molar-refractivity contribution in [1.29, 1.82) is 0 Å². The van der Waals surface area contributed by atoms with E-state index in [0.717, 1.165) is 116 Å². The molecule has 1 aliphatic rings. The van der Waals surface area contributed by atoms with Crippen LogP contribution in [0, 0.1) is 0 Å². The molecule has 0 aliphatic carbocycles. The van der Waals surface area contributed by atoms with Crippen LogP contribution >= 0.6 is 0 Å². The highest BCUT2D eigenvalue weighted by atomic mass is 16.7. The normalized spacial score (nSPS) is 19.1. The lowest BCUT2D eigenvalue weighted by atomic mass is 9.98. The van der Waals surface area contributed by atoms with Crippen molar-refractivity contribution >= 4 is 23.9 Å². The first kappa shape index (κ1) is 66.7. The Balaban J connectivity index is 2.78. The molecule has 0 aromatic heterocycles. The van der Waals surface area contributed by atoms with Gasteiger partial charge in [-0.1, -0.05) is 195 Å². The Labute approximate surface area is 441 Å². The Morgan fingerprint density at radius 2 is 0.932 bits per heavy atom. The van der Waals surface area contributed by atoms with Gasteiger partial charge in [-0.15, -0.1) is 0 Å². The summed E-state index contributed by atoms with van der Waals surface area (Å²) in [5.74, 6) is -3.32. The summed E-state index contributed by atoms with van der Waals surface area (Å²) in [5, 5.41) is 31.4. The summed E-state index contributed by atoms with van der Waals surface area (Å²) in [5.41, 5.74) is 0. The van der Waals surface area contributed by atoms with Crippen molar-refractivity contribution in [3.63, 3.8) is 0 Å². The Kier molecular flexibility index (Phi) is 44.4. The van der Waals surface area contributed by atoms with Gasteiger partial charge in [0.05, 0.1) is 13.0 Å². The topological polar surface area (TPSA) is 175 Å². The molecule has 0 radical (unpaired) electrons. The Bertz CT molecular complexity index is 1640. The second-order valence-electron chi connectivity index (χ2n) is 18.8. The zero-order valence-electron chi connectivity index (χ0n) is 45.3. The Morgan fingerprint density at radius 1 is 0.479 bits per heavy atom. The van der Waals surface area contributed by atoms with Gasteiger partial charge in [-0.25, -0.2) is 4.79 Å². The van der Waals surface area contributed by atoms with Crippen molar-refractivity contribution in [1.82, 2.24) is 0 Å². The second-order valence-corrected chi connectivity index (χ2v) is 18.8. The molecule has 0 saturated carbocycles. The fraction of sp³-hybridized carbons (Fsp3) is 0.672. The summed E-state index contributed by atoms with van der Waals surface area (Å²) in [4.78, 5) is 50.9. The molecule has 1 saturated heterocycles. The van der Waals surface area contributed by atoms with E-state index in [9.17, 15) is 34.5 Å². The van der Waals surface area contributed by atoms with E-state index >= 15 is 0 Å². The molecule has 1 aliphatic heterocycles. The molecule has 0 aromatic carbocycles. The molecule has 12 heteroatoms. The summed E-state index contributed by atoms with van der Waals surface area (Å²) >= 11 is 0. The average Bonchev–Trinajstić information content (AvgIpc) is 3.37. The number of allylic oxidation sites excluding steroid dienone is 15. The van der Waals surface area contributed by atoms with Crippen LogP contribution in [0.1, 0.15) is 213 Å². The van der Waals surface area contributed by atoms with Crippen molar-refractivity contribution in [3.05, 3.63) is 97.2 Å². The van der Waals surface area contributed by atoms with E-state index in [4.69, 9.17) is 23.7 Å². The summed E-state index contributed by atoms with van der Waals surface area (Å²) in [6.07, 6.45) is 51.2. The largest absolute Gasteiger partial charge is 0.479 e. The van der Waals surface area contributed by atoms with Crippen LogP contribution in [0.2, 0.25) is 0 Å². The Morgan fingerprint density at radius 3 is 1.45 bits per heavy atom. The fourth-order valence-electron chi connectivity index (χ4n) is 7.82. The molecule has 1 rings (SSSR count). The van der Waals surface area contributed by atoms with Gasteiger partial charge in [0.2, 0.25) is 0 Å². The standard InChI is InChI=1S/C61H98O12/c1-4-7-10-13-16-19-22-25-27-30-32-35-38-41-44-47-53(62)69-50-52(71-54(63)48-45-42-39-36-34-31-28-26-23-20-17-14-11-8-5-2)51-70-61-59(57(66)56(65)58(73-61)60(67)68)72-55(64)49-46-43-40-37-33-29-24-21-18-15-12-9-6-3/h7,10,12,15-16,19,21,24-28,32,35,41,44,52,56-59,61,65-66H,4-6,8-9,11,13-14,17-18,20,22-23,29-31,33-34,36-40,42-43,45-51H2,1-3H3,(H,67,68)/b10-7-,15-12-,19-16-,24-21-,27-25-,28-26-,35-32-,44-41-. The predicted octanol–water partition coefficient (Wildman–Crippen LogP) is 14.1. The van der Waals surface area contributed by atoms with Crippen LogP contribution in [0.5, 0.6) is 0 Å². The lowest BCUT2D eigenvalue weighted by Crippen LogP contribution is -2.61. The van der Waals surface area contributed by atoms with E-state index in [0.29, 0.717) is 19.3 Å². The van der Waals surface area contributed by atoms with Gasteiger partial charge in [0, 0.05) is 12.8 Å². The number of aliphatic hydroxyl groups excluding tert-OH is 2. The van der Waals surface area contributed by atoms with Crippen molar-refractivity contribution in [2.45, 2.75) is 250 Å². The molecule has 6 unspecified atom stereocenters. The van der Waals surface area contributed by atoms with Crippen LogP contribution in [0.25, 0.3) is 0 Å². The van der Waals surface area contributed by atoms with Gasteiger partial charge in [-0.3, -0.25) is 14.4 Å². The molecule has 12 nitrogen and oxygen atoms in total. The molecule has 73 heavy (non-hydrogen) atoms. The highest BCUT2D eigenvalue weighted by Gasteiger charge is 2.50. The van der Waals surface area contributed by atoms with E-state index in [-0.39, 0.29) is 25.9 Å². The molecule has 0 aromatic rings. The van der Waals surface area contributed by atoms with Crippen LogP contribution in [-0.4, -0.2) is 89.2 Å². The molecular formula is C61H98O12. The third-order valence-corrected chi connectivity index (χ3v) is 12.1. The van der Waals surface area contributed by atoms with Gasteiger partial charge < -0.3 is 39.0 Å². The van der Waals surface area contributed by atoms with Crippen LogP contribution in [0.15, 0.2) is 97.2 Å². The van der Waals surface area contributed by atoms with Gasteiger partial charge in [-0.05, 0) is 96.3 Å². The number of rotatable bonds is 46. The summed E-state index contributed by atoms with van der Waals surface area (Å²) < 4.78 is 28.2. The van der Waals surface area contributed by atoms with Crippen LogP contribution in [0.4, 0.5) is 0 Å². The van der Waals surface area contributed by atoms with Gasteiger partial charge in [0.15, 0.2) is 24.6 Å². The van der Waals surface area contributed by atoms with E-state index in [1.807, 2.05) is 12.2 Å². The second kappa shape index (κ2) is 48.6. The van der Waals surface area contributed by atoms with Crippen molar-refractivity contribution in [3.8, 4) is 0 Å². The number of ether oxygens (including phenoxy) is 5. The quantitative estimate of drug-likeness (QED) is 0.0228. The number of unbranched alkanes of at least 4 members (excludes halogenated alkanes) is 17. The zero-order valence-corrected chi connectivity index (χ0v) is 45.3. The molecular weight excluding hydrogens is 925 g/mol. The van der Waals surface area contributed by atoms with E-state index in [1.54, 1.807) is 6.08 Å². The number of carboxylic acids is 1. The Hall–Kier alpha value is -4.36. The molecule has 1 heterocycles. The van der Waals surface area contributed by atoms with Gasteiger partial charge in [0.1, 0.15) is 18.8 Å². The summed E-state index contributed by atoms with van der Waals surface area (Å²) in [7, 11) is 0. The number of aliphatic hydroxyl groups is 2. The lowest BCUT2D eigenvalue weighted by molar-refractivity contribution is -0.301. The predicted molar refractivity (Wildman–Crippen MR) is 294 cm³/mol. The fourth-order valence-corrected chi connectivity index (χ4v) is 7.82. The van der Waals surface area contributed by atoms with Gasteiger partial charge in [0.25, 0.3) is 0 Å². The number of esters is 3. The molecule has 0 amide bonds. The maximum absolute atomic E-state index is 13.1. The van der Waals surface area contributed by atoms with E-state index in [1.165, 1.54) is 38.5 Å². The van der Waals surface area contributed by atoms with Gasteiger partial charge >= 0.3 is 23.9 Å². The average molecular weight is 1020 g/mol. The molecule has 3 N–H and O–H groups in total. The van der Waals surface area contributed by atoms with E-state index in [2.05, 4.69) is 99.8 Å². The number of hydrogen-bond acceptors (Lipinski definition) is 11. The van der Waals surface area contributed by atoms with Crippen molar-refractivity contribution < 1.29 is 58.2 Å². The first-order valence-electron chi connectivity index (χ1n) is 28.2. The highest BCUT2D eigenvalue weighted by molar-refractivity contribution is 5.74. The monoisotopic (exact) mass is 1020 g/mol. The SMILES string of the molecule is CC/C=C\C/C=C\C/C=C\C/C=C\C/C=C\CC(=O)OCC(COC1OC(C(=O)O)C(O)C(O)C1OC(=O)CCCCCCC/C=C\C/C=C\CCC)OC(=O)CCCCCCC/C=C\CCCCCCCC. The first-order chi connectivity index (χ1) is 35.6. The summed E-state index contributed by atoms with van der Waals surface area (Å²) in [6, 6.07) is 0. The minimum absolute atomic E-state index is 0.0211. The number of carbonyl (C=O) groups excluding carboxylic acids is 3.